The van der Waals surface area contributed by atoms with Gasteiger partial charge in [-0.05, 0) is 36.6 Å². The number of rotatable bonds is 3. The second kappa shape index (κ2) is 5.37. The Hall–Kier alpha value is -2.07. The third-order valence-electron chi connectivity index (χ3n) is 4.27. The number of Topliss-reactive ketones (excluding diaryl/α,β-unsaturated/α-hetero) is 1. The van der Waals surface area contributed by atoms with Crippen molar-refractivity contribution < 1.29 is 4.79 Å². The van der Waals surface area contributed by atoms with Crippen LogP contribution in [0.5, 0.6) is 0 Å². The van der Waals surface area contributed by atoms with Gasteiger partial charge in [-0.3, -0.25) is 4.79 Å². The zero-order valence-corrected chi connectivity index (χ0v) is 12.4. The summed E-state index contributed by atoms with van der Waals surface area (Å²) in [6, 6.07) is 6.62. The topological polar surface area (TPSA) is 58.4 Å². The Labute approximate surface area is 125 Å². The molecule has 0 aromatic heterocycles. The molecular weight excluding hydrogens is 262 g/mol. The molecular formula is C17H21N3O. The van der Waals surface area contributed by atoms with Crippen LogP contribution in [0.2, 0.25) is 0 Å². The van der Waals surface area contributed by atoms with Gasteiger partial charge in [-0.25, -0.2) is 0 Å². The van der Waals surface area contributed by atoms with Crippen molar-refractivity contribution in [1.82, 2.24) is 10.2 Å². The van der Waals surface area contributed by atoms with E-state index < -0.39 is 0 Å². The molecule has 110 valence electrons. The molecule has 0 spiro atoms. The average Bonchev–Trinajstić information content (AvgIpc) is 2.69. The highest BCUT2D eigenvalue weighted by molar-refractivity contribution is 6.18. The number of hydrogen-bond donors (Lipinski definition) is 2. The van der Waals surface area contributed by atoms with E-state index in [1.54, 1.807) is 0 Å². The molecule has 3 rings (SSSR count). The Balaban J connectivity index is 1.90. The number of carbonyl (C=O) groups excluding carboxylic acids is 1. The molecule has 3 N–H and O–H groups in total. The van der Waals surface area contributed by atoms with E-state index in [-0.39, 0.29) is 5.78 Å². The van der Waals surface area contributed by atoms with Gasteiger partial charge in [0.15, 0.2) is 0 Å². The van der Waals surface area contributed by atoms with E-state index in [1.165, 1.54) is 16.7 Å². The first kappa shape index (κ1) is 13.9. The molecule has 1 aromatic rings. The first-order valence-electron chi connectivity index (χ1n) is 7.35. The lowest BCUT2D eigenvalue weighted by molar-refractivity contribution is -0.115. The maximum atomic E-state index is 12.0. The summed E-state index contributed by atoms with van der Waals surface area (Å²) >= 11 is 0. The molecule has 1 aromatic carbocycles. The van der Waals surface area contributed by atoms with Gasteiger partial charge in [0.05, 0.1) is 5.70 Å². The van der Waals surface area contributed by atoms with Crippen molar-refractivity contribution in [3.05, 3.63) is 58.4 Å². The predicted octanol–water partition coefficient (Wildman–Crippen LogP) is 1.46. The highest BCUT2D eigenvalue weighted by atomic mass is 16.1. The Bertz CT molecular complexity index is 645. The number of ketones is 1. The van der Waals surface area contributed by atoms with Gasteiger partial charge in [-0.2, -0.15) is 0 Å². The van der Waals surface area contributed by atoms with Crippen molar-refractivity contribution in [2.45, 2.75) is 25.9 Å². The molecule has 0 fully saturated rings. The Kier molecular flexibility index (Phi) is 3.55. The minimum absolute atomic E-state index is 0.00216. The van der Waals surface area contributed by atoms with Gasteiger partial charge in [-0.1, -0.05) is 24.8 Å². The lowest BCUT2D eigenvalue weighted by Crippen LogP contribution is -2.38. The van der Waals surface area contributed by atoms with Crippen molar-refractivity contribution >= 4 is 5.78 Å². The van der Waals surface area contributed by atoms with E-state index in [2.05, 4.69) is 35.0 Å². The lowest BCUT2D eigenvalue weighted by atomic mass is 9.92. The number of benzene rings is 1. The lowest BCUT2D eigenvalue weighted by Gasteiger charge is -2.32. The molecule has 1 aliphatic carbocycles. The van der Waals surface area contributed by atoms with Crippen LogP contribution in [0.15, 0.2) is 41.7 Å². The second-order valence-electron chi connectivity index (χ2n) is 5.73. The minimum atomic E-state index is 0.00216. The molecule has 0 saturated carbocycles. The van der Waals surface area contributed by atoms with E-state index in [0.717, 1.165) is 32.5 Å². The van der Waals surface area contributed by atoms with Crippen molar-refractivity contribution in [2.24, 2.45) is 5.73 Å². The van der Waals surface area contributed by atoms with Gasteiger partial charge in [0.2, 0.25) is 5.78 Å². The molecule has 0 bridgehead atoms. The fraction of sp³-hybridized carbons (Fsp3) is 0.353. The minimum Gasteiger partial charge on any atom is -0.396 e. The third kappa shape index (κ3) is 2.36. The fourth-order valence-electron chi connectivity index (χ4n) is 3.10. The number of nitrogens with two attached hydrogens (primary N) is 1. The number of allylic oxidation sites excluding steroid dienone is 2. The highest BCUT2D eigenvalue weighted by Crippen LogP contribution is 2.31. The van der Waals surface area contributed by atoms with Gasteiger partial charge in [0.1, 0.15) is 5.70 Å². The summed E-state index contributed by atoms with van der Waals surface area (Å²) in [5.74, 6) is 0.00216. The van der Waals surface area contributed by atoms with Crippen molar-refractivity contribution in [3.8, 4) is 0 Å². The quantitative estimate of drug-likeness (QED) is 0.825. The van der Waals surface area contributed by atoms with E-state index in [1.807, 2.05) is 7.05 Å². The van der Waals surface area contributed by atoms with E-state index in [9.17, 15) is 4.79 Å². The van der Waals surface area contributed by atoms with Gasteiger partial charge >= 0.3 is 0 Å². The molecule has 1 heterocycles. The van der Waals surface area contributed by atoms with Crippen LogP contribution in [-0.4, -0.2) is 24.3 Å². The predicted molar refractivity (Wildman–Crippen MR) is 83.3 cm³/mol. The molecule has 2 aliphatic rings. The average molecular weight is 283 g/mol. The van der Waals surface area contributed by atoms with E-state index in [0.29, 0.717) is 17.0 Å². The molecule has 0 unspecified atom stereocenters. The summed E-state index contributed by atoms with van der Waals surface area (Å²) in [6.07, 6.45) is 2.09. The van der Waals surface area contributed by atoms with Crippen molar-refractivity contribution in [2.75, 3.05) is 13.6 Å². The van der Waals surface area contributed by atoms with Gasteiger partial charge in [0.25, 0.3) is 0 Å². The first-order valence-corrected chi connectivity index (χ1v) is 7.35. The normalized spacial score (nSPS) is 18.4. The SMILES string of the molecule is C=C1C(=O)C(N2CCCc3ccc(CNC)cc3C2)=C1N. The number of nitrogens with one attached hydrogen (secondary N) is 1. The second-order valence-corrected chi connectivity index (χ2v) is 5.73. The number of fused-ring (bicyclic) bond motifs is 1. The Morgan fingerprint density at radius 1 is 1.38 bits per heavy atom. The standard InChI is InChI=1S/C17H21N3O/c1-11-15(18)16(17(11)21)20-7-3-4-13-6-5-12(9-19-2)8-14(13)10-20/h5-6,8,19H,1,3-4,7,9-10,18H2,2H3. The number of hydrogen-bond acceptors (Lipinski definition) is 4. The zero-order chi connectivity index (χ0) is 15.0. The monoisotopic (exact) mass is 283 g/mol. The molecule has 0 atom stereocenters. The van der Waals surface area contributed by atoms with Crippen LogP contribution in [0.4, 0.5) is 0 Å². The van der Waals surface area contributed by atoms with Crippen molar-refractivity contribution in [3.63, 3.8) is 0 Å². The maximum absolute atomic E-state index is 12.0. The summed E-state index contributed by atoms with van der Waals surface area (Å²) in [5.41, 5.74) is 11.6. The van der Waals surface area contributed by atoms with Crippen LogP contribution >= 0.6 is 0 Å². The first-order chi connectivity index (χ1) is 10.1. The maximum Gasteiger partial charge on any atom is 0.212 e. The summed E-state index contributed by atoms with van der Waals surface area (Å²) in [6.45, 7) is 6.18. The van der Waals surface area contributed by atoms with Crippen LogP contribution < -0.4 is 11.1 Å². The molecule has 21 heavy (non-hydrogen) atoms. The van der Waals surface area contributed by atoms with Crippen LogP contribution in [-0.2, 0) is 24.3 Å². The van der Waals surface area contributed by atoms with Crippen molar-refractivity contribution in [1.29, 1.82) is 0 Å². The van der Waals surface area contributed by atoms with Crippen LogP contribution in [0.3, 0.4) is 0 Å². The van der Waals surface area contributed by atoms with E-state index in [4.69, 9.17) is 5.73 Å². The Morgan fingerprint density at radius 2 is 2.19 bits per heavy atom. The number of aryl methyl sites for hydroxylation is 1. The smallest absolute Gasteiger partial charge is 0.212 e. The summed E-state index contributed by atoms with van der Waals surface area (Å²) in [4.78, 5) is 14.1. The number of carbonyl (C=O) groups is 1. The van der Waals surface area contributed by atoms with Gasteiger partial charge < -0.3 is 16.0 Å². The molecule has 0 radical (unpaired) electrons. The molecule has 0 saturated heterocycles. The third-order valence-corrected chi connectivity index (χ3v) is 4.27. The van der Waals surface area contributed by atoms with Crippen LogP contribution in [0.25, 0.3) is 0 Å². The highest BCUT2D eigenvalue weighted by Gasteiger charge is 2.34. The number of nitrogens with zero attached hydrogens (tertiary/aromatic N) is 1. The van der Waals surface area contributed by atoms with Gasteiger partial charge in [-0.15, -0.1) is 0 Å². The molecule has 4 nitrogen and oxygen atoms in total. The van der Waals surface area contributed by atoms with Crippen LogP contribution in [0, 0.1) is 0 Å². The summed E-state index contributed by atoms with van der Waals surface area (Å²) < 4.78 is 0. The fourth-order valence-corrected chi connectivity index (χ4v) is 3.10. The Morgan fingerprint density at radius 3 is 2.90 bits per heavy atom. The largest absolute Gasteiger partial charge is 0.396 e. The van der Waals surface area contributed by atoms with E-state index >= 15 is 0 Å². The molecule has 1 aliphatic heterocycles. The summed E-state index contributed by atoms with van der Waals surface area (Å²) in [5, 5.41) is 3.17. The molecule has 0 amide bonds. The zero-order valence-electron chi connectivity index (χ0n) is 12.4. The summed E-state index contributed by atoms with van der Waals surface area (Å²) in [7, 11) is 1.95. The van der Waals surface area contributed by atoms with Gasteiger partial charge in [0, 0.05) is 25.2 Å². The van der Waals surface area contributed by atoms with Crippen LogP contribution in [0.1, 0.15) is 23.1 Å². The molecule has 4 heteroatoms.